The van der Waals surface area contributed by atoms with Crippen LogP contribution in [-0.4, -0.2) is 40.9 Å². The molecule has 0 bridgehead atoms. The summed E-state index contributed by atoms with van der Waals surface area (Å²) in [5.74, 6) is 0.946. The van der Waals surface area contributed by atoms with Gasteiger partial charge in [0.1, 0.15) is 12.1 Å². The topological polar surface area (TPSA) is 38.1 Å². The highest BCUT2D eigenvalue weighted by Crippen LogP contribution is 2.49. The van der Waals surface area contributed by atoms with E-state index in [4.69, 9.17) is 11.6 Å². The van der Waals surface area contributed by atoms with E-state index in [9.17, 15) is 4.79 Å². The molecule has 0 aliphatic carbocycles. The van der Waals surface area contributed by atoms with Gasteiger partial charge in [-0.1, -0.05) is 61.8 Å². The van der Waals surface area contributed by atoms with E-state index in [0.717, 1.165) is 36.3 Å². The highest BCUT2D eigenvalue weighted by Gasteiger charge is 2.44. The van der Waals surface area contributed by atoms with Crippen LogP contribution in [0.5, 0.6) is 0 Å². The first-order chi connectivity index (χ1) is 14.1. The Kier molecular flexibility index (Phi) is 6.88. The van der Waals surface area contributed by atoms with Crippen LogP contribution in [0.3, 0.4) is 0 Å². The Morgan fingerprint density at radius 1 is 1.10 bits per heavy atom. The highest BCUT2D eigenvalue weighted by atomic mass is 35.5. The van der Waals surface area contributed by atoms with Crippen LogP contribution >= 0.6 is 11.6 Å². The third kappa shape index (κ3) is 4.00. The van der Waals surface area contributed by atoms with Crippen LogP contribution in [0.25, 0.3) is 11.4 Å². The minimum absolute atomic E-state index is 0.409. The van der Waals surface area contributed by atoms with E-state index in [1.807, 2.05) is 48.8 Å². The predicted octanol–water partition coefficient (Wildman–Crippen LogP) is 5.25. The molecule has 2 heterocycles. The van der Waals surface area contributed by atoms with Crippen molar-refractivity contribution in [3.05, 3.63) is 77.1 Å². The molecule has 0 amide bonds. The molecule has 1 aromatic heterocycles. The maximum absolute atomic E-state index is 11.1. The molecule has 0 saturated heterocycles. The van der Waals surface area contributed by atoms with Crippen LogP contribution in [0.15, 0.2) is 60.9 Å². The second kappa shape index (κ2) is 9.38. The van der Waals surface area contributed by atoms with Crippen molar-refractivity contribution in [2.24, 2.45) is 0 Å². The lowest BCUT2D eigenvalue weighted by Gasteiger charge is -2.33. The molecule has 1 aliphatic heterocycles. The fourth-order valence-corrected chi connectivity index (χ4v) is 4.02. The lowest BCUT2D eigenvalue weighted by Crippen LogP contribution is -2.33. The van der Waals surface area contributed by atoms with Gasteiger partial charge in [-0.05, 0) is 49.8 Å². The molecule has 1 unspecified atom stereocenters. The number of aromatic nitrogens is 2. The zero-order chi connectivity index (χ0) is 20.9. The molecule has 152 valence electrons. The van der Waals surface area contributed by atoms with E-state index in [-0.39, 0.29) is 0 Å². The van der Waals surface area contributed by atoms with Crippen LogP contribution in [-0.2, 0) is 10.3 Å². The van der Waals surface area contributed by atoms with Crippen molar-refractivity contribution in [3.8, 4) is 11.4 Å². The second-order valence-electron chi connectivity index (χ2n) is 7.23. The summed E-state index contributed by atoms with van der Waals surface area (Å²) in [4.78, 5) is 17.9. The number of imidazole rings is 1. The number of aldehydes is 1. The smallest absolute Gasteiger partial charge is 0.141 e. The first-order valence-electron chi connectivity index (χ1n) is 10.1. The van der Waals surface area contributed by atoms with E-state index < -0.39 is 5.54 Å². The third-order valence-electron chi connectivity index (χ3n) is 5.69. The molecular formula is C24H28ClN3O. The zero-order valence-electron chi connectivity index (χ0n) is 17.3. The lowest BCUT2D eigenvalue weighted by molar-refractivity contribution is -0.108. The number of halogens is 1. The number of hydrogen-bond donors (Lipinski definition) is 0. The minimum atomic E-state index is -0.409. The standard InChI is InChI=1S/C19H15ClN2O.C5H13N/c20-15-8-6-14(7-9-15)19(10-3-13-23)17-5-2-1-4-16(17)18-21-11-12-22(18)19;1-4-6(3)5-2/h1-2,4-9,11-13H,3,10H2;4-5H2,1-3H3. The molecule has 0 saturated carbocycles. The second-order valence-corrected chi connectivity index (χ2v) is 7.66. The van der Waals surface area contributed by atoms with E-state index in [0.29, 0.717) is 17.9 Å². The molecule has 4 rings (SSSR count). The normalized spacial score (nSPS) is 16.7. The van der Waals surface area contributed by atoms with Crippen molar-refractivity contribution in [3.63, 3.8) is 0 Å². The molecule has 0 radical (unpaired) electrons. The number of carbonyl (C=O) groups is 1. The summed E-state index contributed by atoms with van der Waals surface area (Å²) in [6, 6.07) is 16.2. The molecule has 1 atom stereocenters. The van der Waals surface area contributed by atoms with Crippen molar-refractivity contribution < 1.29 is 4.79 Å². The van der Waals surface area contributed by atoms with Crippen LogP contribution in [0.2, 0.25) is 5.02 Å². The first kappa shape index (κ1) is 21.3. The van der Waals surface area contributed by atoms with Gasteiger partial charge < -0.3 is 14.3 Å². The predicted molar refractivity (Wildman–Crippen MR) is 119 cm³/mol. The van der Waals surface area contributed by atoms with Crippen molar-refractivity contribution >= 4 is 17.9 Å². The van der Waals surface area contributed by atoms with E-state index in [1.54, 1.807) is 0 Å². The lowest BCUT2D eigenvalue weighted by atomic mass is 9.79. The van der Waals surface area contributed by atoms with Gasteiger partial charge in [0.05, 0.1) is 5.54 Å². The fourth-order valence-electron chi connectivity index (χ4n) is 3.89. The average Bonchev–Trinajstić information content (AvgIpc) is 3.34. The van der Waals surface area contributed by atoms with Crippen molar-refractivity contribution in [2.75, 3.05) is 20.1 Å². The molecule has 2 aromatic carbocycles. The number of rotatable bonds is 6. The van der Waals surface area contributed by atoms with Gasteiger partial charge in [-0.25, -0.2) is 4.98 Å². The molecule has 0 fully saturated rings. The Labute approximate surface area is 178 Å². The van der Waals surface area contributed by atoms with E-state index in [2.05, 4.69) is 47.5 Å². The maximum Gasteiger partial charge on any atom is 0.141 e. The third-order valence-corrected chi connectivity index (χ3v) is 5.94. The van der Waals surface area contributed by atoms with E-state index in [1.165, 1.54) is 5.56 Å². The van der Waals surface area contributed by atoms with Crippen molar-refractivity contribution in [2.45, 2.75) is 32.2 Å². The molecule has 5 heteroatoms. The molecular weight excluding hydrogens is 382 g/mol. The summed E-state index contributed by atoms with van der Waals surface area (Å²) in [6.45, 7) is 6.64. The quantitative estimate of drug-likeness (QED) is 0.522. The van der Waals surface area contributed by atoms with Gasteiger partial charge in [0.2, 0.25) is 0 Å². The highest BCUT2D eigenvalue weighted by molar-refractivity contribution is 6.30. The number of hydrogen-bond acceptors (Lipinski definition) is 3. The first-order valence-corrected chi connectivity index (χ1v) is 10.5. The summed E-state index contributed by atoms with van der Waals surface area (Å²) in [7, 11) is 2.11. The van der Waals surface area contributed by atoms with Gasteiger partial charge in [-0.3, -0.25) is 0 Å². The summed E-state index contributed by atoms with van der Waals surface area (Å²) in [6.07, 6.45) is 5.97. The number of carbonyl (C=O) groups excluding carboxylic acids is 1. The van der Waals surface area contributed by atoms with Gasteiger partial charge in [0.25, 0.3) is 0 Å². The molecule has 3 aromatic rings. The largest absolute Gasteiger partial charge is 0.317 e. The molecule has 0 N–H and O–H groups in total. The Hall–Kier alpha value is -2.43. The Bertz CT molecular complexity index is 947. The molecule has 1 aliphatic rings. The van der Waals surface area contributed by atoms with Gasteiger partial charge in [-0.2, -0.15) is 0 Å². The van der Waals surface area contributed by atoms with Gasteiger partial charge in [0.15, 0.2) is 0 Å². The Morgan fingerprint density at radius 2 is 1.79 bits per heavy atom. The zero-order valence-corrected chi connectivity index (χ0v) is 18.1. The molecule has 4 nitrogen and oxygen atoms in total. The summed E-state index contributed by atoms with van der Waals surface area (Å²) >= 11 is 6.07. The minimum Gasteiger partial charge on any atom is -0.317 e. The van der Waals surface area contributed by atoms with Gasteiger partial charge in [-0.15, -0.1) is 0 Å². The van der Waals surface area contributed by atoms with Crippen LogP contribution < -0.4 is 0 Å². The summed E-state index contributed by atoms with van der Waals surface area (Å²) < 4.78 is 2.18. The monoisotopic (exact) mass is 409 g/mol. The van der Waals surface area contributed by atoms with Crippen LogP contribution in [0, 0.1) is 0 Å². The van der Waals surface area contributed by atoms with Gasteiger partial charge in [0, 0.05) is 29.4 Å². The van der Waals surface area contributed by atoms with Crippen molar-refractivity contribution in [1.29, 1.82) is 0 Å². The number of benzene rings is 2. The van der Waals surface area contributed by atoms with E-state index >= 15 is 0 Å². The SMILES string of the molecule is CCN(C)CC.O=CCCC1(c2ccc(Cl)cc2)c2ccccc2-c2nccn21. The summed E-state index contributed by atoms with van der Waals surface area (Å²) in [5, 5.41) is 0.705. The number of nitrogens with zero attached hydrogens (tertiary/aromatic N) is 3. The number of fused-ring (bicyclic) bond motifs is 3. The van der Waals surface area contributed by atoms with Crippen LogP contribution in [0.1, 0.15) is 37.8 Å². The maximum atomic E-state index is 11.1. The fraction of sp³-hybridized carbons (Fsp3) is 0.333. The molecule has 29 heavy (non-hydrogen) atoms. The Balaban J connectivity index is 0.000000353. The molecule has 0 spiro atoms. The summed E-state index contributed by atoms with van der Waals surface area (Å²) in [5.41, 5.74) is 3.02. The van der Waals surface area contributed by atoms with Crippen molar-refractivity contribution in [1.82, 2.24) is 14.5 Å². The average molecular weight is 410 g/mol. The van der Waals surface area contributed by atoms with Crippen LogP contribution in [0.4, 0.5) is 0 Å². The Morgan fingerprint density at radius 3 is 2.41 bits per heavy atom. The van der Waals surface area contributed by atoms with Gasteiger partial charge >= 0.3 is 0 Å².